The first-order valence-corrected chi connectivity index (χ1v) is 15.4. The molecule has 0 aromatic heterocycles. The van der Waals surface area contributed by atoms with Crippen molar-refractivity contribution in [2.75, 3.05) is 0 Å². The van der Waals surface area contributed by atoms with Crippen LogP contribution >= 0.6 is 0 Å². The fourth-order valence-corrected chi connectivity index (χ4v) is 7.45. The third-order valence-corrected chi connectivity index (χ3v) is 9.54. The van der Waals surface area contributed by atoms with Gasteiger partial charge in [-0.15, -0.1) is 0 Å². The van der Waals surface area contributed by atoms with Crippen molar-refractivity contribution < 1.29 is 0 Å². The summed E-state index contributed by atoms with van der Waals surface area (Å²) in [7, 11) is 0. The van der Waals surface area contributed by atoms with Crippen molar-refractivity contribution in [3.05, 3.63) is 157 Å². The van der Waals surface area contributed by atoms with Crippen molar-refractivity contribution >= 4 is 32.3 Å². The highest BCUT2D eigenvalue weighted by atomic mass is 14.3. The van der Waals surface area contributed by atoms with Crippen LogP contribution in [-0.4, -0.2) is 0 Å². The Labute approximate surface area is 257 Å². The Bertz CT molecular complexity index is 2320. The van der Waals surface area contributed by atoms with Gasteiger partial charge in [-0.05, 0) is 108 Å². The second-order valence-corrected chi connectivity index (χ2v) is 12.2. The van der Waals surface area contributed by atoms with E-state index in [-0.39, 0.29) is 0 Å². The first-order valence-electron chi connectivity index (χ1n) is 15.4. The quantitative estimate of drug-likeness (QED) is 0.202. The normalized spacial score (nSPS) is 11.9. The molecule has 0 radical (unpaired) electrons. The molecular formula is C44H30. The zero-order valence-electron chi connectivity index (χ0n) is 24.9. The van der Waals surface area contributed by atoms with E-state index < -0.39 is 0 Å². The van der Waals surface area contributed by atoms with E-state index in [1.165, 1.54) is 99.1 Å². The van der Waals surface area contributed by atoms with Gasteiger partial charge in [0.15, 0.2) is 0 Å². The predicted molar refractivity (Wildman–Crippen MR) is 189 cm³/mol. The average molecular weight is 559 g/mol. The fraction of sp³-hybridized carbons (Fsp3) is 0.0455. The lowest BCUT2D eigenvalue weighted by molar-refractivity contribution is 1.47. The molecule has 1 aliphatic carbocycles. The van der Waals surface area contributed by atoms with Gasteiger partial charge in [-0.3, -0.25) is 0 Å². The van der Waals surface area contributed by atoms with Gasteiger partial charge in [0.2, 0.25) is 0 Å². The summed E-state index contributed by atoms with van der Waals surface area (Å²) in [5.41, 5.74) is 15.6. The van der Waals surface area contributed by atoms with Gasteiger partial charge in [0.25, 0.3) is 0 Å². The van der Waals surface area contributed by atoms with Crippen molar-refractivity contribution in [3.63, 3.8) is 0 Å². The van der Waals surface area contributed by atoms with Crippen LogP contribution in [0.15, 0.2) is 146 Å². The minimum Gasteiger partial charge on any atom is -0.0616 e. The molecule has 0 spiro atoms. The molecule has 0 atom stereocenters. The van der Waals surface area contributed by atoms with E-state index in [0.717, 1.165) is 0 Å². The highest BCUT2D eigenvalue weighted by Gasteiger charge is 2.31. The van der Waals surface area contributed by atoms with Crippen molar-refractivity contribution in [3.8, 4) is 55.6 Å². The van der Waals surface area contributed by atoms with Crippen molar-refractivity contribution in [1.82, 2.24) is 0 Å². The van der Waals surface area contributed by atoms with Gasteiger partial charge in [0, 0.05) is 0 Å². The minimum absolute atomic E-state index is 1.26. The predicted octanol–water partition coefficient (Wildman–Crippen LogP) is 12.4. The van der Waals surface area contributed by atoms with Crippen LogP contribution in [0.5, 0.6) is 0 Å². The monoisotopic (exact) mass is 558 g/mol. The molecule has 206 valence electrons. The van der Waals surface area contributed by atoms with Gasteiger partial charge in [0.05, 0.1) is 0 Å². The molecule has 0 unspecified atom stereocenters. The number of hydrogen-bond acceptors (Lipinski definition) is 0. The SMILES string of the molecule is Cc1ccc(-c2c3c(c(-c4ccc(C)cc4)c4ccccc24)-c2ccc(-c4ccc5ccccc5c4)c4cccc-3c24)cc1. The molecule has 0 aliphatic heterocycles. The van der Waals surface area contributed by atoms with Crippen LogP contribution in [0.1, 0.15) is 11.1 Å². The molecule has 0 saturated carbocycles. The topological polar surface area (TPSA) is 0 Å². The molecule has 0 fully saturated rings. The van der Waals surface area contributed by atoms with Crippen LogP contribution in [0.2, 0.25) is 0 Å². The molecule has 0 heterocycles. The molecule has 1 aliphatic rings. The maximum absolute atomic E-state index is 2.38. The van der Waals surface area contributed by atoms with Crippen LogP contribution in [0.4, 0.5) is 0 Å². The number of benzene rings is 8. The smallest absolute Gasteiger partial charge is 0.000741 e. The van der Waals surface area contributed by atoms with Gasteiger partial charge in [-0.1, -0.05) is 151 Å². The lowest BCUT2D eigenvalue weighted by Gasteiger charge is -2.20. The van der Waals surface area contributed by atoms with E-state index in [0.29, 0.717) is 0 Å². The third-order valence-electron chi connectivity index (χ3n) is 9.54. The van der Waals surface area contributed by atoms with Crippen molar-refractivity contribution in [2.45, 2.75) is 13.8 Å². The van der Waals surface area contributed by atoms with Gasteiger partial charge in [0.1, 0.15) is 0 Å². The summed E-state index contributed by atoms with van der Waals surface area (Å²) in [5.74, 6) is 0. The molecule has 8 aromatic rings. The van der Waals surface area contributed by atoms with Gasteiger partial charge in [-0.25, -0.2) is 0 Å². The molecular weight excluding hydrogens is 528 g/mol. The van der Waals surface area contributed by atoms with Crippen LogP contribution in [0.3, 0.4) is 0 Å². The first-order chi connectivity index (χ1) is 21.7. The van der Waals surface area contributed by atoms with E-state index >= 15 is 0 Å². The summed E-state index contributed by atoms with van der Waals surface area (Å²) < 4.78 is 0. The second kappa shape index (κ2) is 9.53. The van der Waals surface area contributed by atoms with E-state index in [1.807, 2.05) is 0 Å². The van der Waals surface area contributed by atoms with Crippen LogP contribution in [0.25, 0.3) is 88.0 Å². The molecule has 0 heteroatoms. The van der Waals surface area contributed by atoms with Crippen molar-refractivity contribution in [2.24, 2.45) is 0 Å². The van der Waals surface area contributed by atoms with Gasteiger partial charge in [-0.2, -0.15) is 0 Å². The minimum atomic E-state index is 1.26. The Hall–Kier alpha value is -5.46. The number of rotatable bonds is 3. The highest BCUT2D eigenvalue weighted by Crippen LogP contribution is 2.58. The summed E-state index contributed by atoms with van der Waals surface area (Å²) in [6, 6.07) is 54.3. The first kappa shape index (κ1) is 25.1. The Kier molecular flexibility index (Phi) is 5.43. The second-order valence-electron chi connectivity index (χ2n) is 12.2. The molecule has 8 aromatic carbocycles. The van der Waals surface area contributed by atoms with Gasteiger partial charge < -0.3 is 0 Å². The summed E-state index contributed by atoms with van der Waals surface area (Å²) in [6.07, 6.45) is 0. The standard InChI is InChI=1S/C44H30/c1-27-14-18-30(19-15-27)40-36-10-5-6-11-37(36)41(31-20-16-28(2)17-21-31)44-39-25-24-34(35-12-7-13-38(42(35)39)43(40)44)33-23-22-29-8-3-4-9-32(29)26-33/h3-26H,1-2H3. The summed E-state index contributed by atoms with van der Waals surface area (Å²) in [4.78, 5) is 0. The molecule has 0 nitrogen and oxygen atoms in total. The maximum atomic E-state index is 2.38. The Morgan fingerprint density at radius 3 is 1.45 bits per heavy atom. The Morgan fingerprint density at radius 1 is 0.318 bits per heavy atom. The van der Waals surface area contributed by atoms with Crippen LogP contribution in [-0.2, 0) is 0 Å². The maximum Gasteiger partial charge on any atom is -0.000741 e. The third kappa shape index (κ3) is 3.64. The number of aryl methyl sites for hydroxylation is 2. The van der Waals surface area contributed by atoms with Crippen LogP contribution < -0.4 is 0 Å². The average Bonchev–Trinajstić information content (AvgIpc) is 3.40. The van der Waals surface area contributed by atoms with E-state index in [2.05, 4.69) is 159 Å². The molecule has 0 amide bonds. The largest absolute Gasteiger partial charge is 0.0616 e. The highest BCUT2D eigenvalue weighted by molar-refractivity contribution is 6.28. The van der Waals surface area contributed by atoms with E-state index in [9.17, 15) is 0 Å². The molecule has 9 rings (SSSR count). The van der Waals surface area contributed by atoms with E-state index in [4.69, 9.17) is 0 Å². The zero-order chi connectivity index (χ0) is 29.4. The Morgan fingerprint density at radius 2 is 0.818 bits per heavy atom. The number of fused-ring (bicyclic) bond motifs is 5. The summed E-state index contributed by atoms with van der Waals surface area (Å²) in [6.45, 7) is 4.33. The summed E-state index contributed by atoms with van der Waals surface area (Å²) >= 11 is 0. The Balaban J connectivity index is 1.43. The van der Waals surface area contributed by atoms with Crippen molar-refractivity contribution in [1.29, 1.82) is 0 Å². The van der Waals surface area contributed by atoms with Crippen LogP contribution in [0, 0.1) is 13.8 Å². The lowest BCUT2D eigenvalue weighted by atomic mass is 9.82. The molecule has 0 saturated heterocycles. The zero-order valence-corrected chi connectivity index (χ0v) is 24.9. The molecule has 0 N–H and O–H groups in total. The molecule has 44 heavy (non-hydrogen) atoms. The number of hydrogen-bond donors (Lipinski definition) is 0. The van der Waals surface area contributed by atoms with Gasteiger partial charge >= 0.3 is 0 Å². The van der Waals surface area contributed by atoms with E-state index in [1.54, 1.807) is 0 Å². The fourth-order valence-electron chi connectivity index (χ4n) is 7.45. The lowest BCUT2D eigenvalue weighted by Crippen LogP contribution is -1.93. The molecule has 0 bridgehead atoms. The summed E-state index contributed by atoms with van der Waals surface area (Å²) in [5, 5.41) is 7.79.